The van der Waals surface area contributed by atoms with Gasteiger partial charge in [-0.15, -0.1) is 0 Å². The Labute approximate surface area is 128 Å². The van der Waals surface area contributed by atoms with Gasteiger partial charge in [0.15, 0.2) is 15.1 Å². The highest BCUT2D eigenvalue weighted by Crippen LogP contribution is 2.32. The first kappa shape index (κ1) is 16.6. The lowest BCUT2D eigenvalue weighted by molar-refractivity contribution is -0.141. The Kier molecular flexibility index (Phi) is 4.95. The highest BCUT2D eigenvalue weighted by atomic mass is 32.2. The van der Waals surface area contributed by atoms with Gasteiger partial charge in [0.25, 0.3) is 0 Å². The molecule has 0 bridgehead atoms. The van der Waals surface area contributed by atoms with Crippen molar-refractivity contribution in [2.45, 2.75) is 35.8 Å². The molecule has 0 heterocycles. The fourth-order valence-electron chi connectivity index (χ4n) is 2.78. The highest BCUT2D eigenvalue weighted by molar-refractivity contribution is 7.92. The predicted octanol–water partition coefficient (Wildman–Crippen LogP) is 1.90. The van der Waals surface area contributed by atoms with Crippen LogP contribution in [-0.4, -0.2) is 32.5 Å². The van der Waals surface area contributed by atoms with Crippen molar-refractivity contribution in [1.82, 2.24) is 0 Å². The lowest BCUT2D eigenvalue weighted by atomic mass is 9.86. The average molecular weight is 328 g/mol. The second-order valence-electron chi connectivity index (χ2n) is 5.34. The van der Waals surface area contributed by atoms with Crippen LogP contribution in [0.3, 0.4) is 0 Å². The van der Waals surface area contributed by atoms with Crippen LogP contribution in [0.1, 0.15) is 25.7 Å². The molecule has 1 aromatic carbocycles. The fraction of sp³-hybridized carbons (Fsp3) is 0.467. The molecule has 0 radical (unpaired) electrons. The summed E-state index contributed by atoms with van der Waals surface area (Å²) in [6.07, 6.45) is 1.46. The second kappa shape index (κ2) is 6.56. The number of rotatable bonds is 4. The highest BCUT2D eigenvalue weighted by Gasteiger charge is 2.43. The van der Waals surface area contributed by atoms with E-state index in [9.17, 15) is 22.4 Å². The van der Waals surface area contributed by atoms with Crippen molar-refractivity contribution in [2.75, 3.05) is 7.11 Å². The predicted molar refractivity (Wildman–Crippen MR) is 76.4 cm³/mol. The molecule has 1 aliphatic rings. The van der Waals surface area contributed by atoms with Crippen molar-refractivity contribution in [3.8, 4) is 0 Å². The van der Waals surface area contributed by atoms with Crippen molar-refractivity contribution in [1.29, 1.82) is 0 Å². The fourth-order valence-corrected chi connectivity index (χ4v) is 4.67. The zero-order valence-electron chi connectivity index (χ0n) is 12.1. The Bertz CT molecular complexity index is 666. The molecule has 22 heavy (non-hydrogen) atoms. The monoisotopic (exact) mass is 328 g/mol. The number of sulfone groups is 1. The van der Waals surface area contributed by atoms with Crippen LogP contribution in [0, 0.1) is 11.7 Å². The third kappa shape index (κ3) is 3.35. The largest absolute Gasteiger partial charge is 0.468 e. The van der Waals surface area contributed by atoms with Crippen LogP contribution in [0.15, 0.2) is 29.2 Å². The van der Waals surface area contributed by atoms with Crippen LogP contribution in [0.4, 0.5) is 4.39 Å². The summed E-state index contributed by atoms with van der Waals surface area (Å²) in [5.74, 6) is -2.12. The van der Waals surface area contributed by atoms with E-state index in [2.05, 4.69) is 4.74 Å². The van der Waals surface area contributed by atoms with E-state index in [-0.39, 0.29) is 17.1 Å². The minimum absolute atomic E-state index is 0.0419. The first-order valence-electron chi connectivity index (χ1n) is 6.95. The van der Waals surface area contributed by atoms with Gasteiger partial charge in [0, 0.05) is 12.8 Å². The summed E-state index contributed by atoms with van der Waals surface area (Å²) < 4.78 is 43.0. The molecule has 5 nitrogen and oxygen atoms in total. The first-order chi connectivity index (χ1) is 10.4. The molecule has 0 aliphatic heterocycles. The van der Waals surface area contributed by atoms with Crippen LogP contribution < -0.4 is 0 Å². The molecule has 0 spiro atoms. The number of ether oxygens (including phenoxy) is 1. The maximum atomic E-state index is 13.0. The molecule has 0 aromatic heterocycles. The van der Waals surface area contributed by atoms with Crippen molar-refractivity contribution >= 4 is 21.6 Å². The van der Waals surface area contributed by atoms with Gasteiger partial charge in [-0.25, -0.2) is 12.8 Å². The van der Waals surface area contributed by atoms with Crippen LogP contribution in [0.25, 0.3) is 0 Å². The van der Waals surface area contributed by atoms with Crippen LogP contribution in [-0.2, 0) is 24.2 Å². The summed E-state index contributed by atoms with van der Waals surface area (Å²) in [4.78, 5) is 23.5. The summed E-state index contributed by atoms with van der Waals surface area (Å²) >= 11 is 0. The Morgan fingerprint density at radius 2 is 1.95 bits per heavy atom. The van der Waals surface area contributed by atoms with Gasteiger partial charge in [0.1, 0.15) is 11.6 Å². The molecular weight excluding hydrogens is 311 g/mol. The lowest BCUT2D eigenvalue weighted by Gasteiger charge is -2.27. The minimum atomic E-state index is -4.05. The van der Waals surface area contributed by atoms with E-state index in [1.807, 2.05) is 0 Å². The normalized spacial score (nSPS) is 20.5. The Balaban J connectivity index is 2.41. The maximum absolute atomic E-state index is 13.0. The molecule has 2 rings (SSSR count). The summed E-state index contributed by atoms with van der Waals surface area (Å²) in [5, 5.41) is -1.44. The molecule has 1 aliphatic carbocycles. The van der Waals surface area contributed by atoms with Gasteiger partial charge in [-0.3, -0.25) is 9.59 Å². The van der Waals surface area contributed by atoms with Gasteiger partial charge in [0.2, 0.25) is 0 Å². The maximum Gasteiger partial charge on any atom is 0.324 e. The number of hydrogen-bond donors (Lipinski definition) is 0. The third-order valence-electron chi connectivity index (χ3n) is 3.86. The van der Waals surface area contributed by atoms with E-state index in [4.69, 9.17) is 0 Å². The Morgan fingerprint density at radius 3 is 2.50 bits per heavy atom. The minimum Gasteiger partial charge on any atom is -0.468 e. The zero-order chi connectivity index (χ0) is 16.3. The molecular formula is C15H17FO5S. The molecule has 0 amide bonds. The lowest BCUT2D eigenvalue weighted by Crippen LogP contribution is -2.40. The second-order valence-corrected chi connectivity index (χ2v) is 7.41. The number of carbonyl (C=O) groups excluding carboxylic acids is 2. The molecule has 1 aromatic rings. The van der Waals surface area contributed by atoms with E-state index in [0.29, 0.717) is 19.3 Å². The van der Waals surface area contributed by atoms with Crippen molar-refractivity contribution < 1.29 is 27.1 Å². The SMILES string of the molecule is COC(=O)C(C1CCCC(=O)C1)S(=O)(=O)c1ccc(F)cc1. The van der Waals surface area contributed by atoms with Crippen LogP contribution in [0.2, 0.25) is 0 Å². The van der Waals surface area contributed by atoms with E-state index in [1.165, 1.54) is 0 Å². The van der Waals surface area contributed by atoms with E-state index >= 15 is 0 Å². The average Bonchev–Trinajstić information content (AvgIpc) is 2.47. The number of esters is 1. The molecule has 2 atom stereocenters. The summed E-state index contributed by atoms with van der Waals surface area (Å²) in [6.45, 7) is 0. The molecule has 2 unspecified atom stereocenters. The quantitative estimate of drug-likeness (QED) is 0.623. The topological polar surface area (TPSA) is 77.5 Å². The smallest absolute Gasteiger partial charge is 0.324 e. The van der Waals surface area contributed by atoms with E-state index in [1.54, 1.807) is 0 Å². The standard InChI is InChI=1S/C15H17FO5S/c1-21-15(18)14(10-3-2-4-12(17)9-10)22(19,20)13-7-5-11(16)6-8-13/h5-8,10,14H,2-4,9H2,1H3. The van der Waals surface area contributed by atoms with Gasteiger partial charge in [0.05, 0.1) is 12.0 Å². The molecule has 120 valence electrons. The van der Waals surface area contributed by atoms with Gasteiger partial charge >= 0.3 is 5.97 Å². The number of Topliss-reactive ketones (excluding diaryl/α,β-unsaturated/α-hetero) is 1. The number of ketones is 1. The Morgan fingerprint density at radius 1 is 1.32 bits per heavy atom. The third-order valence-corrected chi connectivity index (χ3v) is 6.03. The summed E-state index contributed by atoms with van der Waals surface area (Å²) in [7, 11) is -2.93. The zero-order valence-corrected chi connectivity index (χ0v) is 12.9. The van der Waals surface area contributed by atoms with Gasteiger partial charge in [-0.2, -0.15) is 0 Å². The number of hydrogen-bond acceptors (Lipinski definition) is 5. The molecule has 1 saturated carbocycles. The summed E-state index contributed by atoms with van der Waals surface area (Å²) in [5.41, 5.74) is 0. The van der Waals surface area contributed by atoms with Gasteiger partial charge in [-0.1, -0.05) is 0 Å². The summed E-state index contributed by atoms with van der Waals surface area (Å²) in [6, 6.07) is 4.27. The number of methoxy groups -OCH3 is 1. The van der Waals surface area contributed by atoms with E-state index < -0.39 is 32.8 Å². The molecule has 7 heteroatoms. The van der Waals surface area contributed by atoms with Crippen molar-refractivity contribution in [2.24, 2.45) is 5.92 Å². The van der Waals surface area contributed by atoms with E-state index in [0.717, 1.165) is 31.4 Å². The molecule has 0 N–H and O–H groups in total. The number of benzene rings is 1. The molecule has 1 fully saturated rings. The van der Waals surface area contributed by atoms with Crippen LogP contribution in [0.5, 0.6) is 0 Å². The number of carbonyl (C=O) groups is 2. The first-order valence-corrected chi connectivity index (χ1v) is 8.50. The van der Waals surface area contributed by atoms with Crippen molar-refractivity contribution in [3.63, 3.8) is 0 Å². The van der Waals surface area contributed by atoms with Gasteiger partial charge < -0.3 is 4.74 Å². The number of halogens is 1. The van der Waals surface area contributed by atoms with Crippen LogP contribution >= 0.6 is 0 Å². The molecule has 0 saturated heterocycles. The van der Waals surface area contributed by atoms with Gasteiger partial charge in [-0.05, 0) is 43.0 Å². The van der Waals surface area contributed by atoms with Crippen molar-refractivity contribution in [3.05, 3.63) is 30.1 Å². The Hall–Kier alpha value is -1.76.